The molecule has 0 atom stereocenters. The molecular weight excluding hydrogens is 368 g/mol. The number of ether oxygens (including phenoxy) is 1. The van der Waals surface area contributed by atoms with Crippen LogP contribution in [0.1, 0.15) is 11.1 Å². The first kappa shape index (κ1) is 19.5. The van der Waals surface area contributed by atoms with E-state index >= 15 is 0 Å². The Hall–Kier alpha value is -4.25. The predicted molar refractivity (Wildman–Crippen MR) is 109 cm³/mol. The lowest BCUT2D eigenvalue weighted by Crippen LogP contribution is -2.04. The fourth-order valence-corrected chi connectivity index (χ4v) is 2.49. The first-order valence-corrected chi connectivity index (χ1v) is 8.66. The van der Waals surface area contributed by atoms with Gasteiger partial charge in [-0.15, -0.1) is 0 Å². The van der Waals surface area contributed by atoms with E-state index in [1.165, 1.54) is 12.3 Å². The number of nitrogens with one attached hydrogen (secondary N) is 2. The minimum atomic E-state index is -0.0681. The van der Waals surface area contributed by atoms with Gasteiger partial charge in [-0.1, -0.05) is 18.7 Å². The number of nitrogens with zero attached hydrogens (tertiary/aromatic N) is 4. The minimum absolute atomic E-state index is 0.0681. The summed E-state index contributed by atoms with van der Waals surface area (Å²) in [5.74, 6) is 1.07. The van der Waals surface area contributed by atoms with E-state index in [1.807, 2.05) is 24.3 Å². The van der Waals surface area contributed by atoms with Gasteiger partial charge in [0.1, 0.15) is 11.6 Å². The molecule has 0 aliphatic carbocycles. The molecule has 0 aliphatic heterocycles. The van der Waals surface area contributed by atoms with Crippen LogP contribution in [-0.4, -0.2) is 27.8 Å². The zero-order chi connectivity index (χ0) is 20.6. The maximum Gasteiger partial charge on any atom is 0.229 e. The summed E-state index contributed by atoms with van der Waals surface area (Å²) in [5.41, 5.74) is 2.49. The molecule has 0 aliphatic rings. The molecule has 1 aromatic carbocycles. The van der Waals surface area contributed by atoms with Crippen molar-refractivity contribution in [1.29, 1.82) is 5.26 Å². The Bertz CT molecular complexity index is 1070. The molecule has 0 saturated carbocycles. The highest BCUT2D eigenvalue weighted by Crippen LogP contribution is 2.22. The third kappa shape index (κ3) is 5.14. The molecule has 2 heterocycles. The number of anilines is 4. The van der Waals surface area contributed by atoms with Gasteiger partial charge in [0.15, 0.2) is 11.6 Å². The second kappa shape index (κ2) is 9.10. The molecule has 0 spiro atoms. The molecule has 8 heteroatoms. The zero-order valence-electron chi connectivity index (χ0n) is 15.7. The van der Waals surface area contributed by atoms with Gasteiger partial charge >= 0.3 is 0 Å². The average molecular weight is 386 g/mol. The number of hydrogen-bond acceptors (Lipinski definition) is 8. The standard InChI is InChI=1S/C21H18N6O2/c1-3-18(28)10-14-5-4-6-16(9-14)25-20-15(11-22)12-24-21(27-20)26-17-7-8-19(29-2)23-13-17/h3-9,12-13H,1,10H2,2H3,(H2,24,25,26,27). The molecule has 144 valence electrons. The van der Waals surface area contributed by atoms with Crippen LogP contribution in [0.25, 0.3) is 0 Å². The smallest absolute Gasteiger partial charge is 0.229 e. The summed E-state index contributed by atoms with van der Waals surface area (Å²) in [5, 5.41) is 15.5. The van der Waals surface area contributed by atoms with E-state index in [-0.39, 0.29) is 17.8 Å². The Balaban J connectivity index is 1.82. The Labute approximate surface area is 167 Å². The van der Waals surface area contributed by atoms with Crippen molar-refractivity contribution in [2.75, 3.05) is 17.7 Å². The van der Waals surface area contributed by atoms with Gasteiger partial charge in [-0.3, -0.25) is 4.79 Å². The Morgan fingerprint density at radius 2 is 2.07 bits per heavy atom. The van der Waals surface area contributed by atoms with E-state index in [2.05, 4.69) is 38.2 Å². The number of carbonyl (C=O) groups is 1. The van der Waals surface area contributed by atoms with Crippen molar-refractivity contribution < 1.29 is 9.53 Å². The predicted octanol–water partition coefficient (Wildman–Crippen LogP) is 3.54. The van der Waals surface area contributed by atoms with Gasteiger partial charge in [0, 0.05) is 18.2 Å². The SMILES string of the molecule is C=CC(=O)Cc1cccc(Nc2nc(Nc3ccc(OC)nc3)ncc2C#N)c1. The quantitative estimate of drug-likeness (QED) is 0.565. The topological polar surface area (TPSA) is 113 Å². The highest BCUT2D eigenvalue weighted by Gasteiger charge is 2.09. The molecule has 0 radical (unpaired) electrons. The molecule has 8 nitrogen and oxygen atoms in total. The van der Waals surface area contributed by atoms with E-state index in [4.69, 9.17) is 4.74 Å². The van der Waals surface area contributed by atoms with Crippen LogP contribution in [0.2, 0.25) is 0 Å². The Morgan fingerprint density at radius 1 is 1.21 bits per heavy atom. The maximum atomic E-state index is 11.6. The number of aromatic nitrogens is 3. The van der Waals surface area contributed by atoms with Gasteiger partial charge in [0.2, 0.25) is 11.8 Å². The fraction of sp³-hybridized carbons (Fsp3) is 0.0952. The lowest BCUT2D eigenvalue weighted by Gasteiger charge is -2.11. The van der Waals surface area contributed by atoms with Gasteiger partial charge < -0.3 is 15.4 Å². The number of rotatable bonds is 8. The average Bonchev–Trinajstić information content (AvgIpc) is 2.75. The molecule has 3 aromatic rings. The molecular formula is C21H18N6O2. The number of allylic oxidation sites excluding steroid dienone is 1. The van der Waals surface area contributed by atoms with Crippen LogP contribution < -0.4 is 15.4 Å². The lowest BCUT2D eigenvalue weighted by atomic mass is 10.1. The van der Waals surface area contributed by atoms with Crippen molar-refractivity contribution in [3.05, 3.63) is 72.6 Å². The number of pyridine rings is 1. The summed E-state index contributed by atoms with van der Waals surface area (Å²) in [6.45, 7) is 3.49. The van der Waals surface area contributed by atoms with Gasteiger partial charge in [-0.2, -0.15) is 10.2 Å². The molecule has 2 aromatic heterocycles. The van der Waals surface area contributed by atoms with Crippen molar-refractivity contribution in [2.45, 2.75) is 6.42 Å². The summed E-state index contributed by atoms with van der Waals surface area (Å²) in [4.78, 5) is 24.2. The number of carbonyl (C=O) groups excluding carboxylic acids is 1. The van der Waals surface area contributed by atoms with Crippen LogP contribution in [0.3, 0.4) is 0 Å². The summed E-state index contributed by atoms with van der Waals surface area (Å²) >= 11 is 0. The zero-order valence-corrected chi connectivity index (χ0v) is 15.7. The lowest BCUT2D eigenvalue weighted by molar-refractivity contribution is -0.114. The number of nitriles is 1. The van der Waals surface area contributed by atoms with Crippen LogP contribution in [0.4, 0.5) is 23.1 Å². The van der Waals surface area contributed by atoms with Crippen LogP contribution in [0.5, 0.6) is 5.88 Å². The second-order valence-corrected chi connectivity index (χ2v) is 5.95. The number of benzene rings is 1. The van der Waals surface area contributed by atoms with Crippen LogP contribution in [0, 0.1) is 11.3 Å². The highest BCUT2D eigenvalue weighted by atomic mass is 16.5. The van der Waals surface area contributed by atoms with Crippen LogP contribution in [0.15, 0.2) is 61.4 Å². The van der Waals surface area contributed by atoms with Gasteiger partial charge in [-0.25, -0.2) is 9.97 Å². The molecule has 0 amide bonds. The second-order valence-electron chi connectivity index (χ2n) is 5.95. The summed E-state index contributed by atoms with van der Waals surface area (Å²) in [6, 6.07) is 12.9. The number of methoxy groups -OCH3 is 1. The molecule has 3 rings (SSSR count). The van der Waals surface area contributed by atoms with Crippen LogP contribution in [-0.2, 0) is 11.2 Å². The highest BCUT2D eigenvalue weighted by molar-refractivity contribution is 5.91. The largest absolute Gasteiger partial charge is 0.481 e. The third-order valence-electron chi connectivity index (χ3n) is 3.91. The van der Waals surface area contributed by atoms with Gasteiger partial charge in [0.05, 0.1) is 25.2 Å². The Morgan fingerprint density at radius 3 is 2.76 bits per heavy atom. The summed E-state index contributed by atoms with van der Waals surface area (Å²) in [7, 11) is 1.54. The number of hydrogen-bond donors (Lipinski definition) is 2. The van der Waals surface area contributed by atoms with Crippen molar-refractivity contribution in [1.82, 2.24) is 15.0 Å². The maximum absolute atomic E-state index is 11.6. The van der Waals surface area contributed by atoms with Crippen molar-refractivity contribution in [2.24, 2.45) is 0 Å². The van der Waals surface area contributed by atoms with Gasteiger partial charge in [-0.05, 0) is 29.8 Å². The monoisotopic (exact) mass is 386 g/mol. The minimum Gasteiger partial charge on any atom is -0.481 e. The van der Waals surface area contributed by atoms with E-state index < -0.39 is 0 Å². The molecule has 0 bridgehead atoms. The van der Waals surface area contributed by atoms with E-state index in [9.17, 15) is 10.1 Å². The molecule has 0 fully saturated rings. The fourth-order valence-electron chi connectivity index (χ4n) is 2.49. The number of ketones is 1. The van der Waals surface area contributed by atoms with Crippen molar-refractivity contribution in [3.8, 4) is 11.9 Å². The van der Waals surface area contributed by atoms with Crippen LogP contribution >= 0.6 is 0 Å². The molecule has 0 saturated heterocycles. The van der Waals surface area contributed by atoms with E-state index in [1.54, 1.807) is 25.4 Å². The van der Waals surface area contributed by atoms with E-state index in [0.717, 1.165) is 5.56 Å². The first-order chi connectivity index (χ1) is 14.1. The molecule has 2 N–H and O–H groups in total. The molecule has 29 heavy (non-hydrogen) atoms. The Kier molecular flexibility index (Phi) is 6.12. The van der Waals surface area contributed by atoms with Crippen molar-refractivity contribution >= 4 is 28.9 Å². The normalized spacial score (nSPS) is 9.93. The summed E-state index contributed by atoms with van der Waals surface area (Å²) in [6.07, 6.45) is 4.57. The third-order valence-corrected chi connectivity index (χ3v) is 3.91. The summed E-state index contributed by atoms with van der Waals surface area (Å²) < 4.78 is 5.03. The first-order valence-electron chi connectivity index (χ1n) is 8.66. The molecule has 0 unspecified atom stereocenters. The van der Waals surface area contributed by atoms with Crippen molar-refractivity contribution in [3.63, 3.8) is 0 Å². The van der Waals surface area contributed by atoms with Gasteiger partial charge in [0.25, 0.3) is 0 Å². The van der Waals surface area contributed by atoms with E-state index in [0.29, 0.717) is 29.0 Å².